The van der Waals surface area contributed by atoms with Crippen molar-refractivity contribution in [3.63, 3.8) is 0 Å². The average molecular weight is 297 g/mol. The molecule has 0 radical (unpaired) electrons. The van der Waals surface area contributed by atoms with Crippen LogP contribution in [0, 0.1) is 11.3 Å². The van der Waals surface area contributed by atoms with Gasteiger partial charge in [0.05, 0.1) is 12.7 Å². The van der Waals surface area contributed by atoms with Gasteiger partial charge in [0.15, 0.2) is 0 Å². The van der Waals surface area contributed by atoms with Crippen LogP contribution in [0.2, 0.25) is 0 Å². The summed E-state index contributed by atoms with van der Waals surface area (Å²) in [5.74, 6) is 0.582. The Morgan fingerprint density at radius 3 is 2.95 bits per heavy atom. The molecule has 0 bridgehead atoms. The fourth-order valence-corrected chi connectivity index (χ4v) is 3.28. The number of nitrogens with zero attached hydrogens (tertiary/aromatic N) is 1. The normalized spacial score (nSPS) is 28.3. The van der Waals surface area contributed by atoms with Gasteiger partial charge in [-0.2, -0.15) is 0 Å². The molecule has 2 heterocycles. The van der Waals surface area contributed by atoms with E-state index in [0.717, 1.165) is 45.8 Å². The van der Waals surface area contributed by atoms with E-state index in [4.69, 9.17) is 4.74 Å². The largest absolute Gasteiger partial charge is 0.374 e. The second-order valence-electron chi connectivity index (χ2n) is 6.86. The zero-order valence-corrected chi connectivity index (χ0v) is 13.8. The summed E-state index contributed by atoms with van der Waals surface area (Å²) in [6.45, 7) is 12.7. The summed E-state index contributed by atoms with van der Waals surface area (Å²) in [7, 11) is 0. The Kier molecular flexibility index (Phi) is 6.02. The number of ether oxygens (including phenoxy) is 1. The Bertz CT molecular complexity index is 340. The predicted octanol–water partition coefficient (Wildman–Crippen LogP) is 0.849. The molecule has 5 heteroatoms. The minimum absolute atomic E-state index is 0.128. The predicted molar refractivity (Wildman–Crippen MR) is 84.2 cm³/mol. The zero-order chi connectivity index (χ0) is 15.3. The van der Waals surface area contributed by atoms with Gasteiger partial charge < -0.3 is 15.4 Å². The third-order valence-corrected chi connectivity index (χ3v) is 5.06. The molecule has 2 aliphatic heterocycles. The van der Waals surface area contributed by atoms with E-state index in [9.17, 15) is 4.79 Å². The number of nitrogens with one attached hydrogen (secondary N) is 2. The standard InChI is InChI=1S/C16H31N3O2/c1-4-19-8-9-21-14(12-19)11-18-15(20)16(2,3)13-6-5-7-17-10-13/h13-14,17H,4-12H2,1-3H3,(H,18,20). The second-order valence-corrected chi connectivity index (χ2v) is 6.86. The molecule has 5 nitrogen and oxygen atoms in total. The second kappa shape index (κ2) is 7.56. The van der Waals surface area contributed by atoms with Crippen LogP contribution < -0.4 is 10.6 Å². The minimum atomic E-state index is -0.313. The van der Waals surface area contributed by atoms with E-state index >= 15 is 0 Å². The van der Waals surface area contributed by atoms with E-state index in [1.807, 2.05) is 0 Å². The van der Waals surface area contributed by atoms with Crippen molar-refractivity contribution in [2.45, 2.75) is 39.7 Å². The fourth-order valence-electron chi connectivity index (χ4n) is 3.28. The highest BCUT2D eigenvalue weighted by atomic mass is 16.5. The lowest BCUT2D eigenvalue weighted by Crippen LogP contribution is -2.51. The summed E-state index contributed by atoms with van der Waals surface area (Å²) in [6.07, 6.45) is 2.43. The number of piperidine rings is 1. The lowest BCUT2D eigenvalue weighted by atomic mass is 9.74. The Morgan fingerprint density at radius 2 is 2.29 bits per heavy atom. The molecule has 122 valence electrons. The SMILES string of the molecule is CCN1CCOC(CNC(=O)C(C)(C)C2CCCNC2)C1. The molecule has 0 saturated carbocycles. The average Bonchev–Trinajstić information content (AvgIpc) is 2.53. The van der Waals surface area contributed by atoms with E-state index in [1.165, 1.54) is 6.42 Å². The van der Waals surface area contributed by atoms with Gasteiger partial charge in [0.25, 0.3) is 0 Å². The molecule has 2 saturated heterocycles. The van der Waals surface area contributed by atoms with Crippen LogP contribution >= 0.6 is 0 Å². The smallest absolute Gasteiger partial charge is 0.226 e. The van der Waals surface area contributed by atoms with Crippen LogP contribution in [0.3, 0.4) is 0 Å². The van der Waals surface area contributed by atoms with Crippen LogP contribution in [-0.4, -0.2) is 62.8 Å². The first-order chi connectivity index (χ1) is 10.0. The van der Waals surface area contributed by atoms with Crippen molar-refractivity contribution < 1.29 is 9.53 Å². The van der Waals surface area contributed by atoms with Gasteiger partial charge in [0.1, 0.15) is 0 Å². The number of amides is 1. The molecule has 0 spiro atoms. The van der Waals surface area contributed by atoms with Gasteiger partial charge >= 0.3 is 0 Å². The quantitative estimate of drug-likeness (QED) is 0.790. The van der Waals surface area contributed by atoms with Gasteiger partial charge in [-0.3, -0.25) is 9.69 Å². The van der Waals surface area contributed by atoms with Crippen LogP contribution in [-0.2, 0) is 9.53 Å². The van der Waals surface area contributed by atoms with E-state index in [-0.39, 0.29) is 17.4 Å². The first-order valence-electron chi connectivity index (χ1n) is 8.37. The van der Waals surface area contributed by atoms with Crippen molar-refractivity contribution in [1.29, 1.82) is 0 Å². The number of carbonyl (C=O) groups excluding carboxylic acids is 1. The van der Waals surface area contributed by atoms with E-state index < -0.39 is 0 Å². The number of likely N-dealkylation sites (N-methyl/N-ethyl adjacent to an activating group) is 1. The molecular weight excluding hydrogens is 266 g/mol. The highest BCUT2D eigenvalue weighted by molar-refractivity contribution is 5.82. The van der Waals surface area contributed by atoms with Gasteiger partial charge in [-0.1, -0.05) is 20.8 Å². The summed E-state index contributed by atoms with van der Waals surface area (Å²) in [5.41, 5.74) is -0.313. The maximum Gasteiger partial charge on any atom is 0.226 e. The monoisotopic (exact) mass is 297 g/mol. The molecule has 0 aromatic carbocycles. The lowest BCUT2D eigenvalue weighted by Gasteiger charge is -2.37. The number of carbonyl (C=O) groups is 1. The first-order valence-corrected chi connectivity index (χ1v) is 8.37. The maximum absolute atomic E-state index is 12.5. The third-order valence-electron chi connectivity index (χ3n) is 5.06. The molecule has 21 heavy (non-hydrogen) atoms. The Hall–Kier alpha value is -0.650. The third kappa shape index (κ3) is 4.41. The number of rotatable bonds is 5. The fraction of sp³-hybridized carbons (Fsp3) is 0.938. The summed E-state index contributed by atoms with van der Waals surface area (Å²) in [6, 6.07) is 0. The van der Waals surface area contributed by atoms with Crippen molar-refractivity contribution in [2.24, 2.45) is 11.3 Å². The summed E-state index contributed by atoms with van der Waals surface area (Å²) in [4.78, 5) is 14.9. The number of hydrogen-bond donors (Lipinski definition) is 2. The van der Waals surface area contributed by atoms with Crippen LogP contribution in [0.1, 0.15) is 33.6 Å². The van der Waals surface area contributed by atoms with Crippen LogP contribution in [0.5, 0.6) is 0 Å². The lowest BCUT2D eigenvalue weighted by molar-refractivity contribution is -0.133. The number of hydrogen-bond acceptors (Lipinski definition) is 4. The molecule has 0 aromatic rings. The minimum Gasteiger partial charge on any atom is -0.374 e. The van der Waals surface area contributed by atoms with E-state index in [1.54, 1.807) is 0 Å². The van der Waals surface area contributed by atoms with E-state index in [0.29, 0.717) is 12.5 Å². The Balaban J connectivity index is 1.80. The summed E-state index contributed by atoms with van der Waals surface area (Å²) < 4.78 is 5.75. The van der Waals surface area contributed by atoms with Crippen molar-refractivity contribution >= 4 is 5.91 Å². The van der Waals surface area contributed by atoms with Crippen LogP contribution in [0.4, 0.5) is 0 Å². The Morgan fingerprint density at radius 1 is 1.48 bits per heavy atom. The van der Waals surface area contributed by atoms with E-state index in [2.05, 4.69) is 36.3 Å². The molecule has 0 aromatic heterocycles. The van der Waals surface area contributed by atoms with Gasteiger partial charge in [-0.15, -0.1) is 0 Å². The van der Waals surface area contributed by atoms with Crippen molar-refractivity contribution in [1.82, 2.24) is 15.5 Å². The molecule has 2 rings (SSSR count). The molecule has 2 unspecified atom stereocenters. The van der Waals surface area contributed by atoms with Crippen LogP contribution in [0.25, 0.3) is 0 Å². The van der Waals surface area contributed by atoms with Crippen molar-refractivity contribution in [2.75, 3.05) is 45.9 Å². The number of morpholine rings is 1. The van der Waals surface area contributed by atoms with Gasteiger partial charge in [0.2, 0.25) is 5.91 Å². The maximum atomic E-state index is 12.5. The molecule has 2 N–H and O–H groups in total. The van der Waals surface area contributed by atoms with Crippen LogP contribution in [0.15, 0.2) is 0 Å². The topological polar surface area (TPSA) is 53.6 Å². The molecule has 2 atom stereocenters. The van der Waals surface area contributed by atoms with Crippen molar-refractivity contribution in [3.05, 3.63) is 0 Å². The Labute approximate surface area is 128 Å². The van der Waals surface area contributed by atoms with Gasteiger partial charge in [-0.25, -0.2) is 0 Å². The first kappa shape index (κ1) is 16.7. The zero-order valence-electron chi connectivity index (χ0n) is 13.8. The molecule has 2 aliphatic rings. The highest BCUT2D eigenvalue weighted by Gasteiger charge is 2.37. The van der Waals surface area contributed by atoms with Gasteiger partial charge in [-0.05, 0) is 38.4 Å². The molecular formula is C16H31N3O2. The molecule has 0 aliphatic carbocycles. The summed E-state index contributed by atoms with van der Waals surface area (Å²) in [5, 5.41) is 6.52. The summed E-state index contributed by atoms with van der Waals surface area (Å²) >= 11 is 0. The van der Waals surface area contributed by atoms with Crippen molar-refractivity contribution in [3.8, 4) is 0 Å². The molecule has 1 amide bonds. The molecule has 2 fully saturated rings. The highest BCUT2D eigenvalue weighted by Crippen LogP contribution is 2.31. The van der Waals surface area contributed by atoms with Gasteiger partial charge in [0, 0.05) is 25.0 Å².